The molecule has 114 valence electrons. The summed E-state index contributed by atoms with van der Waals surface area (Å²) >= 11 is 0. The Morgan fingerprint density at radius 2 is 2.29 bits per heavy atom. The standard InChI is InChI=1S/C13H20N6O2/c1-7(2)16-11-10-12(18-13(14)17-11)19(6-15-10)9-4-3-8(5-20)21-9/h6-9,20H,3-5H2,1-2H3,(H3,14,16,17,18)/t8-,9+/m0/s1. The molecular weight excluding hydrogens is 272 g/mol. The Bertz CT molecular complexity index is 641. The first-order valence-corrected chi connectivity index (χ1v) is 7.11. The number of hydrogen-bond acceptors (Lipinski definition) is 7. The zero-order valence-corrected chi connectivity index (χ0v) is 12.2. The number of nitrogens with one attached hydrogen (secondary N) is 1. The quantitative estimate of drug-likeness (QED) is 0.767. The summed E-state index contributed by atoms with van der Waals surface area (Å²) in [5, 5.41) is 12.4. The summed E-state index contributed by atoms with van der Waals surface area (Å²) < 4.78 is 7.63. The van der Waals surface area contributed by atoms with Crippen molar-refractivity contribution in [3.63, 3.8) is 0 Å². The summed E-state index contributed by atoms with van der Waals surface area (Å²) in [6, 6.07) is 0.217. The van der Waals surface area contributed by atoms with Gasteiger partial charge >= 0.3 is 0 Å². The maximum absolute atomic E-state index is 9.18. The lowest BCUT2D eigenvalue weighted by Gasteiger charge is -2.14. The molecule has 1 aliphatic rings. The summed E-state index contributed by atoms with van der Waals surface area (Å²) in [5.41, 5.74) is 7.12. The Morgan fingerprint density at radius 3 is 2.95 bits per heavy atom. The minimum atomic E-state index is -0.173. The molecule has 2 aromatic rings. The van der Waals surface area contributed by atoms with Crippen molar-refractivity contribution in [2.45, 2.75) is 45.1 Å². The minimum absolute atomic E-state index is 0.0282. The average molecular weight is 292 g/mol. The molecule has 1 aliphatic heterocycles. The number of nitrogens with zero attached hydrogens (tertiary/aromatic N) is 4. The van der Waals surface area contributed by atoms with Gasteiger partial charge in [0.2, 0.25) is 5.95 Å². The third kappa shape index (κ3) is 2.64. The normalized spacial score (nSPS) is 22.3. The SMILES string of the molecule is CC(C)Nc1nc(N)nc2c1ncn2[C@H]1CC[C@@H](CO)O1. The minimum Gasteiger partial charge on any atom is -0.394 e. The van der Waals surface area contributed by atoms with Gasteiger partial charge in [0, 0.05) is 6.04 Å². The molecule has 0 aromatic carbocycles. The molecule has 8 heteroatoms. The molecule has 0 aliphatic carbocycles. The smallest absolute Gasteiger partial charge is 0.224 e. The number of ether oxygens (including phenoxy) is 1. The van der Waals surface area contributed by atoms with Crippen molar-refractivity contribution in [1.82, 2.24) is 19.5 Å². The molecule has 0 unspecified atom stereocenters. The lowest BCUT2D eigenvalue weighted by Crippen LogP contribution is -2.15. The first-order chi connectivity index (χ1) is 10.1. The molecule has 1 fully saturated rings. The van der Waals surface area contributed by atoms with Crippen LogP contribution in [0.4, 0.5) is 11.8 Å². The van der Waals surface area contributed by atoms with Gasteiger partial charge in [-0.2, -0.15) is 9.97 Å². The van der Waals surface area contributed by atoms with Gasteiger partial charge in [-0.15, -0.1) is 0 Å². The zero-order chi connectivity index (χ0) is 15.0. The molecule has 0 saturated carbocycles. The van der Waals surface area contributed by atoms with Gasteiger partial charge in [0.15, 0.2) is 17.0 Å². The fourth-order valence-corrected chi connectivity index (χ4v) is 2.54. The molecule has 0 spiro atoms. The highest BCUT2D eigenvalue weighted by atomic mass is 16.5. The lowest BCUT2D eigenvalue weighted by atomic mass is 10.2. The number of aromatic nitrogens is 4. The van der Waals surface area contributed by atoms with Crippen LogP contribution in [0.25, 0.3) is 11.2 Å². The number of rotatable bonds is 4. The number of imidazole rings is 1. The van der Waals surface area contributed by atoms with Crippen LogP contribution < -0.4 is 11.1 Å². The molecule has 3 rings (SSSR count). The summed E-state index contributed by atoms with van der Waals surface area (Å²) in [6.07, 6.45) is 3.02. The molecule has 4 N–H and O–H groups in total. The van der Waals surface area contributed by atoms with E-state index >= 15 is 0 Å². The van der Waals surface area contributed by atoms with E-state index in [1.54, 1.807) is 6.33 Å². The van der Waals surface area contributed by atoms with Crippen LogP contribution in [-0.4, -0.2) is 43.4 Å². The van der Waals surface area contributed by atoms with Crippen molar-refractivity contribution in [1.29, 1.82) is 0 Å². The number of fused-ring (bicyclic) bond motifs is 1. The molecular formula is C13H20N6O2. The summed E-state index contributed by atoms with van der Waals surface area (Å²) in [6.45, 7) is 4.07. The van der Waals surface area contributed by atoms with Crippen LogP contribution in [0.1, 0.15) is 32.9 Å². The Labute approximate surface area is 122 Å². The van der Waals surface area contributed by atoms with Crippen molar-refractivity contribution < 1.29 is 9.84 Å². The summed E-state index contributed by atoms with van der Waals surface area (Å²) in [4.78, 5) is 12.9. The zero-order valence-electron chi connectivity index (χ0n) is 12.2. The predicted molar refractivity (Wildman–Crippen MR) is 78.7 cm³/mol. The van der Waals surface area contributed by atoms with Crippen LogP contribution in [0.5, 0.6) is 0 Å². The first-order valence-electron chi connectivity index (χ1n) is 7.11. The summed E-state index contributed by atoms with van der Waals surface area (Å²) in [7, 11) is 0. The van der Waals surface area contributed by atoms with E-state index in [2.05, 4.69) is 20.3 Å². The fraction of sp³-hybridized carbons (Fsp3) is 0.615. The van der Waals surface area contributed by atoms with Crippen molar-refractivity contribution in [3.05, 3.63) is 6.33 Å². The van der Waals surface area contributed by atoms with E-state index in [4.69, 9.17) is 10.5 Å². The molecule has 2 atom stereocenters. The van der Waals surface area contributed by atoms with Crippen molar-refractivity contribution in [3.8, 4) is 0 Å². The molecule has 0 bridgehead atoms. The van der Waals surface area contributed by atoms with Gasteiger partial charge in [-0.1, -0.05) is 0 Å². The molecule has 2 aromatic heterocycles. The van der Waals surface area contributed by atoms with Crippen LogP contribution in [0.3, 0.4) is 0 Å². The highest BCUT2D eigenvalue weighted by Crippen LogP contribution is 2.31. The van der Waals surface area contributed by atoms with Crippen LogP contribution in [0.2, 0.25) is 0 Å². The van der Waals surface area contributed by atoms with Crippen molar-refractivity contribution in [2.24, 2.45) is 0 Å². The van der Waals surface area contributed by atoms with Crippen molar-refractivity contribution in [2.75, 3.05) is 17.7 Å². The highest BCUT2D eigenvalue weighted by Gasteiger charge is 2.28. The van der Waals surface area contributed by atoms with E-state index in [1.165, 1.54) is 0 Å². The van der Waals surface area contributed by atoms with E-state index < -0.39 is 0 Å². The van der Waals surface area contributed by atoms with E-state index in [0.717, 1.165) is 12.8 Å². The molecule has 21 heavy (non-hydrogen) atoms. The van der Waals surface area contributed by atoms with E-state index in [1.807, 2.05) is 18.4 Å². The van der Waals surface area contributed by atoms with Gasteiger partial charge < -0.3 is 20.9 Å². The van der Waals surface area contributed by atoms with Crippen LogP contribution in [0, 0.1) is 0 Å². The Balaban J connectivity index is 2.00. The third-order valence-corrected chi connectivity index (χ3v) is 3.46. The lowest BCUT2D eigenvalue weighted by molar-refractivity contribution is -0.0207. The number of aliphatic hydroxyl groups is 1. The second kappa shape index (κ2) is 5.45. The predicted octanol–water partition coefficient (Wildman–Crippen LogP) is 0.899. The van der Waals surface area contributed by atoms with Crippen LogP contribution in [0.15, 0.2) is 6.33 Å². The maximum atomic E-state index is 9.18. The molecule has 8 nitrogen and oxygen atoms in total. The number of nitrogen functional groups attached to an aromatic ring is 1. The van der Waals surface area contributed by atoms with Gasteiger partial charge in [0.1, 0.15) is 6.23 Å². The Morgan fingerprint density at radius 1 is 1.48 bits per heavy atom. The second-order valence-corrected chi connectivity index (χ2v) is 5.53. The molecule has 0 radical (unpaired) electrons. The van der Waals surface area contributed by atoms with Gasteiger partial charge in [0.05, 0.1) is 19.0 Å². The number of nitrogens with two attached hydrogens (primary N) is 1. The first kappa shape index (κ1) is 14.0. The van der Waals surface area contributed by atoms with E-state index in [-0.39, 0.29) is 30.9 Å². The topological polar surface area (TPSA) is 111 Å². The number of anilines is 2. The third-order valence-electron chi connectivity index (χ3n) is 3.46. The monoisotopic (exact) mass is 292 g/mol. The number of aliphatic hydroxyl groups excluding tert-OH is 1. The van der Waals surface area contributed by atoms with Gasteiger partial charge in [-0.05, 0) is 26.7 Å². The largest absolute Gasteiger partial charge is 0.394 e. The average Bonchev–Trinajstić information content (AvgIpc) is 3.03. The van der Waals surface area contributed by atoms with Gasteiger partial charge in [-0.25, -0.2) is 4.98 Å². The Hall–Kier alpha value is -1.93. The van der Waals surface area contributed by atoms with Gasteiger partial charge in [0.25, 0.3) is 0 Å². The van der Waals surface area contributed by atoms with Crippen molar-refractivity contribution >= 4 is 22.9 Å². The van der Waals surface area contributed by atoms with Crippen LogP contribution in [-0.2, 0) is 4.74 Å². The number of hydrogen-bond donors (Lipinski definition) is 3. The van der Waals surface area contributed by atoms with E-state index in [9.17, 15) is 5.11 Å². The van der Waals surface area contributed by atoms with Crippen LogP contribution >= 0.6 is 0 Å². The van der Waals surface area contributed by atoms with E-state index in [0.29, 0.717) is 17.0 Å². The Kier molecular flexibility index (Phi) is 3.64. The summed E-state index contributed by atoms with van der Waals surface area (Å²) in [5.74, 6) is 0.826. The highest BCUT2D eigenvalue weighted by molar-refractivity contribution is 5.84. The molecule has 3 heterocycles. The van der Waals surface area contributed by atoms with Gasteiger partial charge in [-0.3, -0.25) is 4.57 Å². The molecule has 1 saturated heterocycles. The maximum Gasteiger partial charge on any atom is 0.224 e. The fourth-order valence-electron chi connectivity index (χ4n) is 2.54. The second-order valence-electron chi connectivity index (χ2n) is 5.53. The molecule has 0 amide bonds.